The Kier molecular flexibility index (Phi) is 9.26. The molecule has 3 N–H and O–H groups in total. The lowest BCUT2D eigenvalue weighted by atomic mass is 10.1. The number of nitrogens with one attached hydrogen (secondary N) is 3. The van der Waals surface area contributed by atoms with Crippen LogP contribution in [0.1, 0.15) is 43.0 Å². The minimum atomic E-state index is -1.09. The average molecular weight is 474 g/mol. The molecule has 0 aromatic heterocycles. The fourth-order valence-electron chi connectivity index (χ4n) is 4.15. The molecule has 2 atom stereocenters. The van der Waals surface area contributed by atoms with Gasteiger partial charge in [0.2, 0.25) is 17.7 Å². The number of likely N-dealkylation sites (N-methyl/N-ethyl adjacent to an activating group) is 1. The summed E-state index contributed by atoms with van der Waals surface area (Å²) in [7, 11) is 1.62. The second-order valence-corrected chi connectivity index (χ2v) is 8.82. The summed E-state index contributed by atoms with van der Waals surface area (Å²) in [5.41, 5.74) is 0.258. The molecule has 1 aromatic carbocycles. The standard InChI is InChI=1S/C24H35N5O5/c1-17-24(33)28(2)14-15-34-20-9-5-4-8-18(20)22(31)27-19(16-21(30)26-17)23(32)25-10-13-29-11-6-3-7-12-29/h4-5,8-9,17,19H,3,6-7,10-16H2,1-2H3,(H,25,32)(H,26,30)(H,27,31)/t17-,19-/m0/s1. The number of benzene rings is 1. The lowest BCUT2D eigenvalue weighted by Gasteiger charge is -2.27. The molecule has 0 bridgehead atoms. The van der Waals surface area contributed by atoms with Gasteiger partial charge in [-0.05, 0) is 45.0 Å². The molecule has 1 aromatic rings. The normalized spacial score (nSPS) is 23.1. The number of fused-ring (bicyclic) bond motifs is 1. The first-order valence-electron chi connectivity index (χ1n) is 11.9. The molecule has 2 heterocycles. The fourth-order valence-corrected chi connectivity index (χ4v) is 4.15. The van der Waals surface area contributed by atoms with E-state index in [0.29, 0.717) is 18.8 Å². The zero-order valence-corrected chi connectivity index (χ0v) is 20.0. The number of hydrogen-bond acceptors (Lipinski definition) is 6. The predicted octanol–water partition coefficient (Wildman–Crippen LogP) is 0.133. The average Bonchev–Trinajstić information content (AvgIpc) is 2.83. The van der Waals surface area contributed by atoms with E-state index in [-0.39, 0.29) is 31.0 Å². The minimum absolute atomic E-state index is 0.174. The third-order valence-electron chi connectivity index (χ3n) is 6.13. The fraction of sp³-hybridized carbons (Fsp3) is 0.583. The molecule has 10 nitrogen and oxygen atoms in total. The highest BCUT2D eigenvalue weighted by molar-refractivity contribution is 6.01. The molecule has 0 saturated carbocycles. The van der Waals surface area contributed by atoms with Gasteiger partial charge >= 0.3 is 0 Å². The molecule has 0 radical (unpaired) electrons. The van der Waals surface area contributed by atoms with Gasteiger partial charge in [0, 0.05) is 20.1 Å². The molecular weight excluding hydrogens is 438 g/mol. The molecule has 2 aliphatic heterocycles. The molecule has 1 saturated heterocycles. The SMILES string of the molecule is C[C@@H]1NC(=O)C[C@@H](C(=O)NCCN2CCCCC2)NC(=O)c2ccccc2OCCN(C)C1=O. The van der Waals surface area contributed by atoms with Crippen LogP contribution in [0.2, 0.25) is 0 Å². The number of hydrogen-bond donors (Lipinski definition) is 3. The summed E-state index contributed by atoms with van der Waals surface area (Å²) < 4.78 is 5.76. The zero-order chi connectivity index (χ0) is 24.5. The summed E-state index contributed by atoms with van der Waals surface area (Å²) in [5.74, 6) is -1.36. The van der Waals surface area contributed by atoms with Crippen LogP contribution in [0, 0.1) is 0 Å². The first-order valence-corrected chi connectivity index (χ1v) is 11.9. The van der Waals surface area contributed by atoms with Gasteiger partial charge in [-0.3, -0.25) is 19.2 Å². The van der Waals surface area contributed by atoms with E-state index in [1.807, 2.05) is 0 Å². The van der Waals surface area contributed by atoms with Gasteiger partial charge in [-0.1, -0.05) is 18.6 Å². The molecule has 34 heavy (non-hydrogen) atoms. The van der Waals surface area contributed by atoms with Crippen molar-refractivity contribution >= 4 is 23.6 Å². The Morgan fingerprint density at radius 1 is 1.09 bits per heavy atom. The summed E-state index contributed by atoms with van der Waals surface area (Å²) in [6, 6.07) is 4.83. The lowest BCUT2D eigenvalue weighted by molar-refractivity contribution is -0.135. The molecule has 10 heteroatoms. The van der Waals surface area contributed by atoms with Crippen molar-refractivity contribution in [3.05, 3.63) is 29.8 Å². The largest absolute Gasteiger partial charge is 0.491 e. The first kappa shape index (κ1) is 25.5. The Hall–Kier alpha value is -3.14. The molecule has 1 fully saturated rings. The van der Waals surface area contributed by atoms with Crippen molar-refractivity contribution in [1.29, 1.82) is 0 Å². The van der Waals surface area contributed by atoms with Crippen molar-refractivity contribution in [2.24, 2.45) is 0 Å². The van der Waals surface area contributed by atoms with E-state index in [9.17, 15) is 19.2 Å². The Balaban J connectivity index is 1.74. The maximum Gasteiger partial charge on any atom is 0.255 e. The summed E-state index contributed by atoms with van der Waals surface area (Å²) in [5, 5.41) is 8.15. The highest BCUT2D eigenvalue weighted by Gasteiger charge is 2.28. The van der Waals surface area contributed by atoms with Gasteiger partial charge in [-0.25, -0.2) is 0 Å². The smallest absolute Gasteiger partial charge is 0.255 e. The number of nitrogens with zero attached hydrogens (tertiary/aromatic N) is 2. The van der Waals surface area contributed by atoms with E-state index in [2.05, 4.69) is 20.9 Å². The molecule has 4 amide bonds. The second-order valence-electron chi connectivity index (χ2n) is 8.82. The Labute approximate surface area is 200 Å². The van der Waals surface area contributed by atoms with E-state index in [0.717, 1.165) is 25.9 Å². The number of piperidine rings is 1. The van der Waals surface area contributed by atoms with Crippen molar-refractivity contribution in [3.63, 3.8) is 0 Å². The van der Waals surface area contributed by atoms with E-state index in [4.69, 9.17) is 4.74 Å². The van der Waals surface area contributed by atoms with Crippen molar-refractivity contribution < 1.29 is 23.9 Å². The Morgan fingerprint density at radius 2 is 1.82 bits per heavy atom. The highest BCUT2D eigenvalue weighted by atomic mass is 16.5. The molecule has 0 spiro atoms. The number of para-hydroxylation sites is 1. The van der Waals surface area contributed by atoms with Gasteiger partial charge in [-0.15, -0.1) is 0 Å². The van der Waals surface area contributed by atoms with Gasteiger partial charge in [0.1, 0.15) is 24.4 Å². The zero-order valence-electron chi connectivity index (χ0n) is 20.0. The number of carbonyl (C=O) groups is 4. The summed E-state index contributed by atoms with van der Waals surface area (Å²) in [4.78, 5) is 55.0. The van der Waals surface area contributed by atoms with Gasteiger partial charge < -0.3 is 30.5 Å². The molecular formula is C24H35N5O5. The van der Waals surface area contributed by atoms with E-state index < -0.39 is 29.8 Å². The van der Waals surface area contributed by atoms with Crippen LogP contribution in [0.15, 0.2) is 24.3 Å². The van der Waals surface area contributed by atoms with E-state index in [1.54, 1.807) is 38.2 Å². The summed E-state index contributed by atoms with van der Waals surface area (Å²) >= 11 is 0. The van der Waals surface area contributed by atoms with Crippen molar-refractivity contribution in [2.45, 2.75) is 44.7 Å². The number of rotatable bonds is 4. The van der Waals surface area contributed by atoms with Crippen LogP contribution >= 0.6 is 0 Å². The van der Waals surface area contributed by atoms with Crippen molar-refractivity contribution in [3.8, 4) is 5.75 Å². The third kappa shape index (κ3) is 7.18. The maximum atomic E-state index is 13.0. The topological polar surface area (TPSA) is 120 Å². The number of amides is 4. The van der Waals surface area contributed by atoms with E-state index in [1.165, 1.54) is 11.3 Å². The first-order chi connectivity index (χ1) is 16.3. The third-order valence-corrected chi connectivity index (χ3v) is 6.13. The van der Waals surface area contributed by atoms with Crippen LogP contribution in [-0.2, 0) is 14.4 Å². The summed E-state index contributed by atoms with van der Waals surface area (Å²) in [6.45, 7) is 5.21. The van der Waals surface area contributed by atoms with Gasteiger partial charge in [-0.2, -0.15) is 0 Å². The minimum Gasteiger partial charge on any atom is -0.491 e. The molecule has 186 valence electrons. The Morgan fingerprint density at radius 3 is 2.59 bits per heavy atom. The number of carbonyl (C=O) groups excluding carboxylic acids is 4. The maximum absolute atomic E-state index is 13.0. The highest BCUT2D eigenvalue weighted by Crippen LogP contribution is 2.18. The van der Waals surface area contributed by atoms with Crippen molar-refractivity contribution in [1.82, 2.24) is 25.8 Å². The number of ether oxygens (including phenoxy) is 1. The van der Waals surface area contributed by atoms with Crippen LogP contribution in [0.3, 0.4) is 0 Å². The van der Waals surface area contributed by atoms with Crippen LogP contribution < -0.4 is 20.7 Å². The van der Waals surface area contributed by atoms with Crippen LogP contribution in [-0.4, -0.2) is 91.9 Å². The van der Waals surface area contributed by atoms with Gasteiger partial charge in [0.05, 0.1) is 18.5 Å². The number of likely N-dealkylation sites (tertiary alicyclic amines) is 1. The van der Waals surface area contributed by atoms with Crippen LogP contribution in [0.25, 0.3) is 0 Å². The molecule has 0 aliphatic carbocycles. The van der Waals surface area contributed by atoms with Gasteiger partial charge in [0.25, 0.3) is 5.91 Å². The monoisotopic (exact) mass is 473 g/mol. The van der Waals surface area contributed by atoms with Crippen LogP contribution in [0.5, 0.6) is 5.75 Å². The van der Waals surface area contributed by atoms with Gasteiger partial charge in [0.15, 0.2) is 0 Å². The summed E-state index contributed by atoms with van der Waals surface area (Å²) in [6.07, 6.45) is 3.25. The molecule has 2 aliphatic rings. The Bertz CT molecular complexity index is 886. The second kappa shape index (κ2) is 12.4. The quantitative estimate of drug-likeness (QED) is 0.572. The molecule has 3 rings (SSSR count). The molecule has 0 unspecified atom stereocenters. The van der Waals surface area contributed by atoms with E-state index >= 15 is 0 Å². The lowest BCUT2D eigenvalue weighted by Crippen LogP contribution is -2.52. The van der Waals surface area contributed by atoms with Crippen molar-refractivity contribution in [2.75, 3.05) is 46.4 Å². The van der Waals surface area contributed by atoms with Crippen LogP contribution in [0.4, 0.5) is 0 Å². The predicted molar refractivity (Wildman–Crippen MR) is 126 cm³/mol.